The van der Waals surface area contributed by atoms with Gasteiger partial charge in [-0.15, -0.1) is 0 Å². The maximum Gasteiger partial charge on any atom is 0.124 e. The first-order chi connectivity index (χ1) is 9.76. The van der Waals surface area contributed by atoms with Crippen molar-refractivity contribution in [3.63, 3.8) is 0 Å². The average Bonchev–Trinajstić information content (AvgIpc) is 2.49. The number of pyridine rings is 1. The second-order valence-electron chi connectivity index (χ2n) is 4.51. The van der Waals surface area contributed by atoms with E-state index in [1.54, 1.807) is 0 Å². The highest BCUT2D eigenvalue weighted by Gasteiger charge is 2.17. The molecular formula is C16H19BrN2O. The number of para-hydroxylation sites is 1. The topological polar surface area (TPSA) is 34.1 Å². The Kier molecular flexibility index (Phi) is 5.56. The van der Waals surface area contributed by atoms with Crippen LogP contribution in [0.2, 0.25) is 0 Å². The molecule has 2 aromatic rings. The average molecular weight is 335 g/mol. The highest BCUT2D eigenvalue weighted by Crippen LogP contribution is 2.29. The molecule has 1 atom stereocenters. The maximum atomic E-state index is 5.84. The molecule has 0 saturated heterocycles. The van der Waals surface area contributed by atoms with Crippen molar-refractivity contribution in [2.75, 3.05) is 13.7 Å². The van der Waals surface area contributed by atoms with Crippen molar-refractivity contribution in [1.82, 2.24) is 10.3 Å². The van der Waals surface area contributed by atoms with Crippen molar-refractivity contribution in [1.29, 1.82) is 0 Å². The molecular weight excluding hydrogens is 316 g/mol. The smallest absolute Gasteiger partial charge is 0.124 e. The normalized spacial score (nSPS) is 12.2. The first-order valence-corrected chi connectivity index (χ1v) is 7.56. The van der Waals surface area contributed by atoms with Gasteiger partial charge < -0.3 is 10.1 Å². The molecule has 106 valence electrons. The number of nitrogens with zero attached hydrogens (tertiary/aromatic N) is 1. The minimum Gasteiger partial charge on any atom is -0.493 e. The molecule has 0 aliphatic carbocycles. The molecule has 1 unspecified atom stereocenters. The van der Waals surface area contributed by atoms with E-state index in [9.17, 15) is 0 Å². The summed E-state index contributed by atoms with van der Waals surface area (Å²) in [5.41, 5.74) is 2.08. The van der Waals surface area contributed by atoms with Gasteiger partial charge in [-0.2, -0.15) is 0 Å². The molecule has 1 aromatic heterocycles. The monoisotopic (exact) mass is 334 g/mol. The Hall–Kier alpha value is -1.39. The van der Waals surface area contributed by atoms with E-state index in [4.69, 9.17) is 4.74 Å². The van der Waals surface area contributed by atoms with Crippen LogP contribution < -0.4 is 10.1 Å². The number of halogens is 1. The third-order valence-corrected chi connectivity index (χ3v) is 3.50. The van der Waals surface area contributed by atoms with Crippen LogP contribution in [0, 0.1) is 0 Å². The summed E-state index contributed by atoms with van der Waals surface area (Å²) in [7, 11) is 1.94. The molecule has 1 heterocycles. The van der Waals surface area contributed by atoms with Crippen LogP contribution in [0.5, 0.6) is 5.75 Å². The van der Waals surface area contributed by atoms with Crippen LogP contribution in [0.25, 0.3) is 0 Å². The lowest BCUT2D eigenvalue weighted by Gasteiger charge is -2.19. The Labute approximate surface area is 128 Å². The van der Waals surface area contributed by atoms with Crippen LogP contribution >= 0.6 is 15.9 Å². The molecule has 0 saturated carbocycles. The highest BCUT2D eigenvalue weighted by molar-refractivity contribution is 9.10. The predicted molar refractivity (Wildman–Crippen MR) is 85.1 cm³/mol. The van der Waals surface area contributed by atoms with Gasteiger partial charge in [0.25, 0.3) is 0 Å². The van der Waals surface area contributed by atoms with Gasteiger partial charge in [0, 0.05) is 16.2 Å². The molecule has 0 spiro atoms. The minimum absolute atomic E-state index is 0.0242. The molecule has 0 bridgehead atoms. The summed E-state index contributed by atoms with van der Waals surface area (Å²) in [4.78, 5) is 4.48. The van der Waals surface area contributed by atoms with E-state index in [0.29, 0.717) is 0 Å². The molecule has 20 heavy (non-hydrogen) atoms. The summed E-state index contributed by atoms with van der Waals surface area (Å²) >= 11 is 3.41. The second-order valence-corrected chi connectivity index (χ2v) is 5.42. The van der Waals surface area contributed by atoms with Gasteiger partial charge in [-0.1, -0.05) is 25.1 Å². The molecule has 0 aliphatic rings. The molecule has 3 nitrogen and oxygen atoms in total. The predicted octanol–water partition coefficient (Wildman–Crippen LogP) is 3.94. The van der Waals surface area contributed by atoms with E-state index in [2.05, 4.69) is 39.2 Å². The molecule has 0 amide bonds. The summed E-state index contributed by atoms with van der Waals surface area (Å²) in [5, 5.41) is 3.31. The number of rotatable bonds is 6. The van der Waals surface area contributed by atoms with Gasteiger partial charge in [0.2, 0.25) is 0 Å². The second kappa shape index (κ2) is 7.41. The van der Waals surface area contributed by atoms with E-state index in [0.717, 1.165) is 34.5 Å². The van der Waals surface area contributed by atoms with Crippen molar-refractivity contribution >= 4 is 15.9 Å². The number of benzene rings is 1. The first-order valence-electron chi connectivity index (χ1n) is 6.76. The third-order valence-electron chi connectivity index (χ3n) is 3.03. The standard InChI is InChI=1S/C16H19BrN2O/c1-3-10-20-15-7-5-4-6-13(15)16(18-2)14-9-8-12(17)11-19-14/h4-9,11,16,18H,3,10H2,1-2H3. The van der Waals surface area contributed by atoms with E-state index in [-0.39, 0.29) is 6.04 Å². The molecule has 2 rings (SSSR count). The van der Waals surface area contributed by atoms with Crippen LogP contribution in [-0.2, 0) is 0 Å². The van der Waals surface area contributed by atoms with E-state index in [1.807, 2.05) is 43.6 Å². The van der Waals surface area contributed by atoms with Gasteiger partial charge in [-0.05, 0) is 47.6 Å². The van der Waals surface area contributed by atoms with Crippen LogP contribution in [0.3, 0.4) is 0 Å². The van der Waals surface area contributed by atoms with Crippen molar-refractivity contribution in [2.45, 2.75) is 19.4 Å². The van der Waals surface area contributed by atoms with Gasteiger partial charge in [0.05, 0.1) is 18.3 Å². The molecule has 0 fully saturated rings. The SMILES string of the molecule is CCCOc1ccccc1C(NC)c1ccc(Br)cn1. The van der Waals surface area contributed by atoms with Crippen LogP contribution in [0.15, 0.2) is 47.1 Å². The number of hydrogen-bond acceptors (Lipinski definition) is 3. The quantitative estimate of drug-likeness (QED) is 0.868. The van der Waals surface area contributed by atoms with E-state index >= 15 is 0 Å². The fraction of sp³-hybridized carbons (Fsp3) is 0.312. The minimum atomic E-state index is 0.0242. The number of aromatic nitrogens is 1. The Bertz CT molecular complexity index is 542. The zero-order valence-corrected chi connectivity index (χ0v) is 13.4. The van der Waals surface area contributed by atoms with Crippen molar-refractivity contribution < 1.29 is 4.74 Å². The zero-order valence-electron chi connectivity index (χ0n) is 11.8. The Morgan fingerprint density at radius 1 is 1.25 bits per heavy atom. The lowest BCUT2D eigenvalue weighted by atomic mass is 10.0. The first kappa shape index (κ1) is 15.0. The fourth-order valence-corrected chi connectivity index (χ4v) is 2.32. The summed E-state index contributed by atoms with van der Waals surface area (Å²) in [6, 6.07) is 12.2. The molecule has 0 radical (unpaired) electrons. The van der Waals surface area contributed by atoms with Gasteiger partial charge in [0.15, 0.2) is 0 Å². The third kappa shape index (κ3) is 3.58. The summed E-state index contributed by atoms with van der Waals surface area (Å²) in [5.74, 6) is 0.915. The van der Waals surface area contributed by atoms with Gasteiger partial charge >= 0.3 is 0 Å². The van der Waals surface area contributed by atoms with Gasteiger partial charge in [0.1, 0.15) is 5.75 Å². The number of hydrogen-bond donors (Lipinski definition) is 1. The van der Waals surface area contributed by atoms with Crippen molar-refractivity contribution in [3.05, 3.63) is 58.3 Å². The Morgan fingerprint density at radius 3 is 2.70 bits per heavy atom. The van der Waals surface area contributed by atoms with Gasteiger partial charge in [-0.25, -0.2) is 0 Å². The highest BCUT2D eigenvalue weighted by atomic mass is 79.9. The lowest BCUT2D eigenvalue weighted by molar-refractivity contribution is 0.312. The summed E-state index contributed by atoms with van der Waals surface area (Å²) in [6.45, 7) is 2.83. The Balaban J connectivity index is 2.33. The van der Waals surface area contributed by atoms with Crippen LogP contribution in [0.4, 0.5) is 0 Å². The van der Waals surface area contributed by atoms with Crippen LogP contribution in [-0.4, -0.2) is 18.6 Å². The van der Waals surface area contributed by atoms with E-state index < -0.39 is 0 Å². The maximum absolute atomic E-state index is 5.84. The van der Waals surface area contributed by atoms with Crippen molar-refractivity contribution in [2.24, 2.45) is 0 Å². The molecule has 1 aromatic carbocycles. The number of nitrogens with one attached hydrogen (secondary N) is 1. The molecule has 4 heteroatoms. The van der Waals surface area contributed by atoms with Crippen LogP contribution in [0.1, 0.15) is 30.6 Å². The van der Waals surface area contributed by atoms with Gasteiger partial charge in [-0.3, -0.25) is 4.98 Å². The largest absolute Gasteiger partial charge is 0.493 e. The molecule has 0 aliphatic heterocycles. The number of ether oxygens (including phenoxy) is 1. The summed E-state index contributed by atoms with van der Waals surface area (Å²) in [6.07, 6.45) is 2.81. The van der Waals surface area contributed by atoms with E-state index in [1.165, 1.54) is 0 Å². The van der Waals surface area contributed by atoms with Crippen molar-refractivity contribution in [3.8, 4) is 5.75 Å². The Morgan fingerprint density at radius 2 is 2.05 bits per heavy atom. The lowest BCUT2D eigenvalue weighted by Crippen LogP contribution is -2.19. The summed E-state index contributed by atoms with van der Waals surface area (Å²) < 4.78 is 6.82. The fourth-order valence-electron chi connectivity index (χ4n) is 2.08. The zero-order chi connectivity index (χ0) is 14.4. The molecule has 1 N–H and O–H groups in total.